The minimum Gasteiger partial charge on any atom is -0.336 e. The summed E-state index contributed by atoms with van der Waals surface area (Å²) in [5.74, 6) is 0. The molecule has 4 rings (SSSR count). The van der Waals surface area contributed by atoms with E-state index in [1.807, 2.05) is 54.0 Å². The summed E-state index contributed by atoms with van der Waals surface area (Å²) in [5.41, 5.74) is 2.69. The number of aromatic nitrogens is 1. The fourth-order valence-electron chi connectivity index (χ4n) is 3.56. The summed E-state index contributed by atoms with van der Waals surface area (Å²) in [4.78, 5) is 0. The molecule has 0 fully saturated rings. The van der Waals surface area contributed by atoms with Gasteiger partial charge >= 0.3 is 6.18 Å². The highest BCUT2D eigenvalue weighted by Gasteiger charge is 2.33. The number of nitrogens with zero attached hydrogens (tertiary/aromatic N) is 1. The van der Waals surface area contributed by atoms with Gasteiger partial charge in [0, 0.05) is 22.8 Å². The van der Waals surface area contributed by atoms with Crippen molar-refractivity contribution in [3.8, 4) is 0 Å². The average Bonchev–Trinajstić information content (AvgIpc) is 2.90. The molecule has 0 bridgehead atoms. The van der Waals surface area contributed by atoms with Crippen LogP contribution in [0.2, 0.25) is 0 Å². The van der Waals surface area contributed by atoms with Crippen molar-refractivity contribution in [2.45, 2.75) is 19.6 Å². The van der Waals surface area contributed by atoms with Crippen LogP contribution in [0.15, 0.2) is 66.7 Å². The van der Waals surface area contributed by atoms with Gasteiger partial charge in [-0.15, -0.1) is 0 Å². The molecule has 0 atom stereocenters. The maximum atomic E-state index is 13.4. The summed E-state index contributed by atoms with van der Waals surface area (Å²) in [6.45, 7) is 2.18. The minimum absolute atomic E-state index is 0.185. The quantitative estimate of drug-likeness (QED) is 0.411. The Morgan fingerprint density at radius 2 is 1.48 bits per heavy atom. The van der Waals surface area contributed by atoms with E-state index in [2.05, 4.69) is 0 Å². The fraction of sp³-hybridized carbons (Fsp3) is 0.143. The molecule has 0 amide bonds. The molecule has 0 unspecified atom stereocenters. The van der Waals surface area contributed by atoms with E-state index < -0.39 is 11.7 Å². The van der Waals surface area contributed by atoms with Crippen LogP contribution in [0.5, 0.6) is 0 Å². The van der Waals surface area contributed by atoms with Crippen LogP contribution in [-0.2, 0) is 12.7 Å². The lowest BCUT2D eigenvalue weighted by molar-refractivity contribution is -0.138. The molecule has 1 aromatic heterocycles. The summed E-state index contributed by atoms with van der Waals surface area (Å²) in [6.07, 6.45) is -4.36. The van der Waals surface area contributed by atoms with Gasteiger partial charge < -0.3 is 4.57 Å². The van der Waals surface area contributed by atoms with Crippen molar-refractivity contribution in [2.75, 3.05) is 0 Å². The van der Waals surface area contributed by atoms with Crippen molar-refractivity contribution in [1.29, 1.82) is 0 Å². The molecule has 0 saturated heterocycles. The molecule has 3 aromatic carbocycles. The molecule has 0 N–H and O–H groups in total. The van der Waals surface area contributed by atoms with Gasteiger partial charge in [-0.25, -0.2) is 0 Å². The van der Waals surface area contributed by atoms with Crippen LogP contribution in [0.4, 0.5) is 13.2 Å². The summed E-state index contributed by atoms with van der Waals surface area (Å²) in [7, 11) is 0. The van der Waals surface area contributed by atoms with E-state index in [4.69, 9.17) is 0 Å². The summed E-state index contributed by atoms with van der Waals surface area (Å²) in [6, 6.07) is 19.7. The number of benzene rings is 3. The van der Waals surface area contributed by atoms with Crippen LogP contribution in [0.3, 0.4) is 0 Å². The minimum atomic E-state index is -4.36. The predicted octanol–water partition coefficient (Wildman–Crippen LogP) is 6.17. The average molecular weight is 339 g/mol. The smallest absolute Gasteiger partial charge is 0.336 e. The monoisotopic (exact) mass is 339 g/mol. The number of aryl methyl sites for hydroxylation is 1. The van der Waals surface area contributed by atoms with E-state index in [1.165, 1.54) is 6.07 Å². The van der Waals surface area contributed by atoms with Crippen molar-refractivity contribution in [1.82, 2.24) is 4.57 Å². The Morgan fingerprint density at radius 3 is 2.28 bits per heavy atom. The first-order chi connectivity index (χ1) is 12.0. The Hall–Kier alpha value is -2.75. The van der Waals surface area contributed by atoms with Gasteiger partial charge in [0.1, 0.15) is 0 Å². The van der Waals surface area contributed by atoms with Crippen molar-refractivity contribution in [3.05, 3.63) is 83.4 Å². The van der Waals surface area contributed by atoms with Crippen LogP contribution in [-0.4, -0.2) is 4.57 Å². The zero-order valence-electron chi connectivity index (χ0n) is 13.6. The van der Waals surface area contributed by atoms with Crippen molar-refractivity contribution >= 4 is 21.8 Å². The normalized spacial score (nSPS) is 12.2. The standard InChI is InChI=1S/C21H16F3N/c1-14-7-6-10-17-16-9-3-5-12-19(16)25(20(14)17)13-15-8-2-4-11-18(15)21(22,23)24/h2-12H,13H2,1H3. The topological polar surface area (TPSA) is 4.93 Å². The molecule has 1 nitrogen and oxygen atoms in total. The van der Waals surface area contributed by atoms with Crippen molar-refractivity contribution in [3.63, 3.8) is 0 Å². The molecule has 4 aromatic rings. The Kier molecular flexibility index (Phi) is 3.57. The molecule has 126 valence electrons. The van der Waals surface area contributed by atoms with Crippen LogP contribution in [0, 0.1) is 6.92 Å². The fourth-order valence-corrected chi connectivity index (χ4v) is 3.56. The highest BCUT2D eigenvalue weighted by Crippen LogP contribution is 2.35. The van der Waals surface area contributed by atoms with E-state index in [1.54, 1.807) is 12.1 Å². The van der Waals surface area contributed by atoms with Gasteiger partial charge in [0.15, 0.2) is 0 Å². The number of alkyl halides is 3. The Balaban J connectivity index is 1.99. The molecule has 0 aliphatic heterocycles. The van der Waals surface area contributed by atoms with Gasteiger partial charge in [0.25, 0.3) is 0 Å². The van der Waals surface area contributed by atoms with Crippen LogP contribution < -0.4 is 0 Å². The molecule has 1 heterocycles. The lowest BCUT2D eigenvalue weighted by atomic mass is 10.1. The van der Waals surface area contributed by atoms with Gasteiger partial charge in [-0.3, -0.25) is 0 Å². The second kappa shape index (κ2) is 5.66. The van der Waals surface area contributed by atoms with Gasteiger partial charge in [0.2, 0.25) is 0 Å². The van der Waals surface area contributed by atoms with Crippen molar-refractivity contribution in [2.24, 2.45) is 0 Å². The summed E-state index contributed by atoms with van der Waals surface area (Å²) < 4.78 is 42.1. The first-order valence-corrected chi connectivity index (χ1v) is 8.08. The van der Waals surface area contributed by atoms with E-state index >= 15 is 0 Å². The molecular formula is C21H16F3N. The zero-order valence-corrected chi connectivity index (χ0v) is 13.6. The maximum Gasteiger partial charge on any atom is 0.416 e. The van der Waals surface area contributed by atoms with E-state index in [0.717, 1.165) is 33.4 Å². The molecule has 0 spiro atoms. The van der Waals surface area contributed by atoms with Crippen molar-refractivity contribution < 1.29 is 13.2 Å². The summed E-state index contributed by atoms with van der Waals surface area (Å²) in [5, 5.41) is 2.13. The summed E-state index contributed by atoms with van der Waals surface area (Å²) >= 11 is 0. The number of rotatable bonds is 2. The number of hydrogen-bond acceptors (Lipinski definition) is 0. The third-order valence-electron chi connectivity index (χ3n) is 4.64. The number of hydrogen-bond donors (Lipinski definition) is 0. The largest absolute Gasteiger partial charge is 0.416 e. The molecule has 0 radical (unpaired) electrons. The van der Waals surface area contributed by atoms with Crippen LogP contribution in [0.1, 0.15) is 16.7 Å². The highest BCUT2D eigenvalue weighted by molar-refractivity contribution is 6.09. The predicted molar refractivity (Wildman–Crippen MR) is 94.7 cm³/mol. The van der Waals surface area contributed by atoms with Gasteiger partial charge in [-0.2, -0.15) is 13.2 Å². The van der Waals surface area contributed by atoms with Crippen LogP contribution in [0.25, 0.3) is 21.8 Å². The Labute approximate surface area is 143 Å². The Morgan fingerprint density at radius 1 is 0.800 bits per heavy atom. The Bertz CT molecular complexity index is 1070. The van der Waals surface area contributed by atoms with E-state index in [9.17, 15) is 13.2 Å². The molecule has 4 heteroatoms. The number of halogens is 3. The second-order valence-corrected chi connectivity index (χ2v) is 6.23. The van der Waals surface area contributed by atoms with Crippen LogP contribution >= 0.6 is 0 Å². The lowest BCUT2D eigenvalue weighted by Gasteiger charge is -2.15. The van der Waals surface area contributed by atoms with Gasteiger partial charge in [-0.1, -0.05) is 54.6 Å². The molecule has 25 heavy (non-hydrogen) atoms. The highest BCUT2D eigenvalue weighted by atomic mass is 19.4. The third-order valence-corrected chi connectivity index (χ3v) is 4.64. The molecule has 0 aliphatic rings. The molecule has 0 aliphatic carbocycles. The first-order valence-electron chi connectivity index (χ1n) is 8.08. The SMILES string of the molecule is Cc1cccc2c3ccccc3n(Cc3ccccc3C(F)(F)F)c12. The number of fused-ring (bicyclic) bond motifs is 3. The maximum absolute atomic E-state index is 13.4. The first kappa shape index (κ1) is 15.8. The van der Waals surface area contributed by atoms with E-state index in [-0.39, 0.29) is 12.1 Å². The van der Waals surface area contributed by atoms with E-state index in [0.29, 0.717) is 0 Å². The second-order valence-electron chi connectivity index (χ2n) is 6.23. The lowest BCUT2D eigenvalue weighted by Crippen LogP contribution is -2.11. The molecule has 0 saturated carbocycles. The van der Waals surface area contributed by atoms with Gasteiger partial charge in [0.05, 0.1) is 11.1 Å². The van der Waals surface area contributed by atoms with Gasteiger partial charge in [-0.05, 0) is 30.2 Å². The molecular weight excluding hydrogens is 323 g/mol. The number of para-hydroxylation sites is 2. The third kappa shape index (κ3) is 2.58. The zero-order chi connectivity index (χ0) is 17.6.